The average Bonchev–Trinajstić information content (AvgIpc) is 2.05. The van der Waals surface area contributed by atoms with Gasteiger partial charge in [0.25, 0.3) is 0 Å². The minimum Gasteiger partial charge on any atom is -0.466 e. The van der Waals surface area contributed by atoms with Crippen LogP contribution in [0.25, 0.3) is 0 Å². The van der Waals surface area contributed by atoms with Crippen LogP contribution in [0.3, 0.4) is 0 Å². The minimum atomic E-state index is 0.874. The molecular weight excluding hydrogens is 122 g/mol. The number of hydrogen-bond donors (Lipinski definition) is 1. The molecule has 1 fully saturated rings. The first-order valence-electron chi connectivity index (χ1n) is 4.52. The summed E-state index contributed by atoms with van der Waals surface area (Å²) in [7, 11) is 4.10. The van der Waals surface area contributed by atoms with E-state index in [2.05, 4.69) is 14.0 Å². The van der Waals surface area contributed by atoms with Crippen LogP contribution >= 0.6 is 0 Å². The van der Waals surface area contributed by atoms with E-state index >= 15 is 0 Å². The van der Waals surface area contributed by atoms with Crippen LogP contribution in [0.4, 0.5) is 0 Å². The SMILES string of the molecule is [CH2-][NH+](CC)C1CCCCC1. The summed E-state index contributed by atoms with van der Waals surface area (Å²) in [5.41, 5.74) is 0. The number of hydrogen-bond acceptors (Lipinski definition) is 0. The Bertz CT molecular complexity index is 84.7. The fourth-order valence-corrected chi connectivity index (χ4v) is 1.80. The van der Waals surface area contributed by atoms with Gasteiger partial charge in [0.2, 0.25) is 0 Å². The highest BCUT2D eigenvalue weighted by molar-refractivity contribution is 4.63. The zero-order valence-corrected chi connectivity index (χ0v) is 7.03. The molecule has 1 aliphatic rings. The molecule has 1 atom stereocenters. The lowest BCUT2D eigenvalue weighted by molar-refractivity contribution is -0.880. The zero-order chi connectivity index (χ0) is 7.40. The minimum absolute atomic E-state index is 0.874. The van der Waals surface area contributed by atoms with Gasteiger partial charge in [0.1, 0.15) is 0 Å². The Morgan fingerprint density at radius 1 is 1.30 bits per heavy atom. The van der Waals surface area contributed by atoms with Crippen LogP contribution in [0.5, 0.6) is 0 Å². The zero-order valence-electron chi connectivity index (χ0n) is 7.03. The second kappa shape index (κ2) is 3.97. The van der Waals surface area contributed by atoms with E-state index < -0.39 is 0 Å². The van der Waals surface area contributed by atoms with E-state index in [1.807, 2.05) is 0 Å². The van der Waals surface area contributed by atoms with E-state index in [1.165, 1.54) is 43.5 Å². The molecule has 0 radical (unpaired) electrons. The molecule has 0 saturated heterocycles. The van der Waals surface area contributed by atoms with Crippen molar-refractivity contribution in [1.82, 2.24) is 0 Å². The third-order valence-electron chi connectivity index (χ3n) is 2.64. The molecule has 1 N–H and O–H groups in total. The topological polar surface area (TPSA) is 4.44 Å². The molecule has 0 aliphatic heterocycles. The van der Waals surface area contributed by atoms with Crippen LogP contribution in [0.15, 0.2) is 0 Å². The van der Waals surface area contributed by atoms with Gasteiger partial charge < -0.3 is 4.90 Å². The maximum atomic E-state index is 4.10. The molecule has 10 heavy (non-hydrogen) atoms. The molecule has 0 aromatic rings. The molecule has 0 amide bonds. The van der Waals surface area contributed by atoms with E-state index in [1.54, 1.807) is 0 Å². The van der Waals surface area contributed by atoms with Crippen molar-refractivity contribution in [2.75, 3.05) is 6.54 Å². The molecule has 1 rings (SSSR count). The third-order valence-corrected chi connectivity index (χ3v) is 2.64. The van der Waals surface area contributed by atoms with Crippen molar-refractivity contribution in [1.29, 1.82) is 0 Å². The Hall–Kier alpha value is -0.0400. The van der Waals surface area contributed by atoms with Gasteiger partial charge in [-0.05, 0) is 32.6 Å². The Morgan fingerprint density at radius 3 is 2.40 bits per heavy atom. The Morgan fingerprint density at radius 2 is 1.90 bits per heavy atom. The van der Waals surface area contributed by atoms with Crippen molar-refractivity contribution in [2.24, 2.45) is 0 Å². The van der Waals surface area contributed by atoms with Crippen LogP contribution in [0.1, 0.15) is 39.0 Å². The fourth-order valence-electron chi connectivity index (χ4n) is 1.80. The van der Waals surface area contributed by atoms with Crippen LogP contribution in [-0.4, -0.2) is 12.6 Å². The van der Waals surface area contributed by atoms with E-state index in [0.29, 0.717) is 0 Å². The van der Waals surface area contributed by atoms with Crippen LogP contribution < -0.4 is 4.90 Å². The van der Waals surface area contributed by atoms with Gasteiger partial charge in [0.05, 0.1) is 12.6 Å². The van der Waals surface area contributed by atoms with Gasteiger partial charge in [-0.2, -0.15) is 7.05 Å². The van der Waals surface area contributed by atoms with Crippen molar-refractivity contribution >= 4 is 0 Å². The summed E-state index contributed by atoms with van der Waals surface area (Å²) in [6.07, 6.45) is 7.14. The van der Waals surface area contributed by atoms with Crippen molar-refractivity contribution in [3.8, 4) is 0 Å². The highest BCUT2D eigenvalue weighted by Gasteiger charge is 2.16. The largest absolute Gasteiger partial charge is 0.466 e. The Balaban J connectivity index is 2.24. The van der Waals surface area contributed by atoms with Crippen molar-refractivity contribution < 1.29 is 4.90 Å². The third kappa shape index (κ3) is 1.98. The average molecular weight is 141 g/mol. The van der Waals surface area contributed by atoms with E-state index in [-0.39, 0.29) is 0 Å². The first-order valence-corrected chi connectivity index (χ1v) is 4.52. The van der Waals surface area contributed by atoms with Crippen molar-refractivity contribution in [2.45, 2.75) is 45.1 Å². The molecule has 1 heteroatoms. The lowest BCUT2D eigenvalue weighted by Crippen LogP contribution is -3.10. The van der Waals surface area contributed by atoms with E-state index in [4.69, 9.17) is 0 Å². The Kier molecular flexibility index (Phi) is 3.20. The lowest BCUT2D eigenvalue weighted by Gasteiger charge is -2.32. The quantitative estimate of drug-likeness (QED) is 0.548. The molecular formula is C9H19N. The summed E-state index contributed by atoms with van der Waals surface area (Å²) in [5.74, 6) is 0. The smallest absolute Gasteiger partial charge is 0.0634 e. The molecule has 0 spiro atoms. The second-order valence-corrected chi connectivity index (χ2v) is 3.35. The fraction of sp³-hybridized carbons (Fsp3) is 0.889. The molecule has 0 aromatic carbocycles. The molecule has 1 aliphatic carbocycles. The van der Waals surface area contributed by atoms with Crippen molar-refractivity contribution in [3.63, 3.8) is 0 Å². The van der Waals surface area contributed by atoms with Crippen molar-refractivity contribution in [3.05, 3.63) is 7.05 Å². The predicted octanol–water partition coefficient (Wildman–Crippen LogP) is 1.02. The molecule has 60 valence electrons. The molecule has 0 bridgehead atoms. The lowest BCUT2D eigenvalue weighted by atomic mass is 9.95. The monoisotopic (exact) mass is 141 g/mol. The predicted molar refractivity (Wildman–Crippen MR) is 43.7 cm³/mol. The van der Waals surface area contributed by atoms with Gasteiger partial charge in [-0.3, -0.25) is 0 Å². The van der Waals surface area contributed by atoms with Gasteiger partial charge in [-0.1, -0.05) is 6.42 Å². The summed E-state index contributed by atoms with van der Waals surface area (Å²) in [6.45, 7) is 3.40. The molecule has 0 heterocycles. The number of nitrogens with one attached hydrogen (secondary N) is 1. The van der Waals surface area contributed by atoms with Crippen LogP contribution in [0.2, 0.25) is 0 Å². The molecule has 1 unspecified atom stereocenters. The maximum absolute atomic E-state index is 4.10. The summed E-state index contributed by atoms with van der Waals surface area (Å²) < 4.78 is 0. The van der Waals surface area contributed by atoms with E-state index in [0.717, 1.165) is 6.04 Å². The molecule has 1 nitrogen and oxygen atoms in total. The summed E-state index contributed by atoms with van der Waals surface area (Å²) in [5, 5.41) is 0. The molecule has 1 saturated carbocycles. The molecule has 0 aromatic heterocycles. The Labute approximate surface area is 64.4 Å². The van der Waals surface area contributed by atoms with Gasteiger partial charge in [-0.15, -0.1) is 0 Å². The van der Waals surface area contributed by atoms with Crippen LogP contribution in [-0.2, 0) is 0 Å². The van der Waals surface area contributed by atoms with Gasteiger partial charge in [0.15, 0.2) is 0 Å². The maximum Gasteiger partial charge on any atom is 0.0634 e. The standard InChI is InChI=1S/C9H19N/c1-3-10(2)9-7-5-4-6-8-9/h9-10H,2-8H2,1H3. The first kappa shape index (κ1) is 8.06. The number of quaternary nitrogens is 1. The van der Waals surface area contributed by atoms with Gasteiger partial charge in [-0.25, -0.2) is 0 Å². The highest BCUT2D eigenvalue weighted by Crippen LogP contribution is 2.14. The highest BCUT2D eigenvalue weighted by atomic mass is 15.1. The number of rotatable bonds is 2. The summed E-state index contributed by atoms with van der Waals surface area (Å²) in [6, 6.07) is 0.874. The summed E-state index contributed by atoms with van der Waals surface area (Å²) in [4.78, 5) is 1.49. The van der Waals surface area contributed by atoms with Crippen LogP contribution in [0, 0.1) is 7.05 Å². The normalized spacial score (nSPS) is 24.6. The van der Waals surface area contributed by atoms with E-state index in [9.17, 15) is 0 Å². The van der Waals surface area contributed by atoms with Gasteiger partial charge in [0, 0.05) is 0 Å². The summed E-state index contributed by atoms with van der Waals surface area (Å²) >= 11 is 0. The van der Waals surface area contributed by atoms with Gasteiger partial charge >= 0.3 is 0 Å². The second-order valence-electron chi connectivity index (χ2n) is 3.35. The first-order chi connectivity index (χ1) is 4.84.